The summed E-state index contributed by atoms with van der Waals surface area (Å²) in [6.45, 7) is 2.52. The maximum Gasteiger partial charge on any atom is 0.133 e. The summed E-state index contributed by atoms with van der Waals surface area (Å²) in [5.41, 5.74) is 9.43. The molecule has 2 aromatic carbocycles. The molecule has 0 aliphatic heterocycles. The SMILES string of the molecule is C.CC(C)=O.Cl.NCc1c(F)cc(F)cc1F.NCc1c(F)cc(F)cc1F. The summed E-state index contributed by atoms with van der Waals surface area (Å²) in [5.74, 6) is -5.46. The van der Waals surface area contributed by atoms with Crippen LogP contribution in [-0.2, 0) is 17.9 Å². The maximum atomic E-state index is 12.6. The number of benzene rings is 2. The van der Waals surface area contributed by atoms with Gasteiger partial charge in [-0.05, 0) is 13.8 Å². The van der Waals surface area contributed by atoms with E-state index in [2.05, 4.69) is 0 Å². The van der Waals surface area contributed by atoms with Crippen molar-refractivity contribution in [2.45, 2.75) is 34.4 Å². The lowest BCUT2D eigenvalue weighted by Gasteiger charge is -2.00. The van der Waals surface area contributed by atoms with Crippen molar-refractivity contribution in [2.24, 2.45) is 11.5 Å². The van der Waals surface area contributed by atoms with Crippen LogP contribution in [0.5, 0.6) is 0 Å². The standard InChI is InChI=1S/2C7H6F3N.C3H6O.CH4.ClH/c2*8-4-1-6(9)5(3-11)7(10)2-4;1-3(2)4;;/h2*1-2H,3,11H2;1-2H3;1H4;1H. The molecule has 0 unspecified atom stereocenters. The van der Waals surface area contributed by atoms with Crippen LogP contribution >= 0.6 is 12.4 Å². The lowest BCUT2D eigenvalue weighted by Crippen LogP contribution is -2.03. The largest absolute Gasteiger partial charge is 0.326 e. The van der Waals surface area contributed by atoms with Gasteiger partial charge in [-0.25, -0.2) is 26.3 Å². The molecule has 2 rings (SSSR count). The van der Waals surface area contributed by atoms with Crippen molar-refractivity contribution in [3.63, 3.8) is 0 Å². The molecule has 0 spiro atoms. The zero-order valence-corrected chi connectivity index (χ0v) is 15.3. The van der Waals surface area contributed by atoms with Crippen LogP contribution in [0.2, 0.25) is 0 Å². The molecule has 160 valence electrons. The van der Waals surface area contributed by atoms with E-state index in [4.69, 9.17) is 11.5 Å². The van der Waals surface area contributed by atoms with Crippen molar-refractivity contribution in [3.05, 3.63) is 70.3 Å². The highest BCUT2D eigenvalue weighted by molar-refractivity contribution is 5.85. The second kappa shape index (κ2) is 14.9. The van der Waals surface area contributed by atoms with Crippen molar-refractivity contribution < 1.29 is 31.1 Å². The number of carbonyl (C=O) groups is 1. The molecule has 0 aromatic heterocycles. The van der Waals surface area contributed by atoms with Crippen LogP contribution in [0.3, 0.4) is 0 Å². The Morgan fingerprint density at radius 3 is 1.04 bits per heavy atom. The molecule has 0 heterocycles. The summed E-state index contributed by atoms with van der Waals surface area (Å²) in [5, 5.41) is 0. The molecule has 0 amide bonds. The lowest BCUT2D eigenvalue weighted by molar-refractivity contribution is -0.114. The topological polar surface area (TPSA) is 69.1 Å². The molecule has 28 heavy (non-hydrogen) atoms. The summed E-state index contributed by atoms with van der Waals surface area (Å²) in [4.78, 5) is 9.44. The summed E-state index contributed by atoms with van der Waals surface area (Å²) in [6, 6.07) is 2.41. The summed E-state index contributed by atoms with van der Waals surface area (Å²) >= 11 is 0. The Morgan fingerprint density at radius 2 is 0.893 bits per heavy atom. The van der Waals surface area contributed by atoms with Gasteiger partial charge in [0.1, 0.15) is 40.7 Å². The second-order valence-electron chi connectivity index (χ2n) is 5.01. The fourth-order valence-electron chi connectivity index (χ4n) is 1.53. The third kappa shape index (κ3) is 10.9. The van der Waals surface area contributed by atoms with Gasteiger partial charge in [-0.15, -0.1) is 12.4 Å². The van der Waals surface area contributed by atoms with Crippen LogP contribution in [0.4, 0.5) is 26.3 Å². The van der Waals surface area contributed by atoms with Crippen LogP contribution in [-0.4, -0.2) is 5.78 Å². The Labute approximate surface area is 166 Å². The quantitative estimate of drug-likeness (QED) is 0.671. The predicted molar refractivity (Wildman–Crippen MR) is 98.7 cm³/mol. The average molecular weight is 433 g/mol. The predicted octanol–water partition coefficient (Wildman–Crippen LogP) is 4.78. The number of ketones is 1. The molecule has 0 aliphatic carbocycles. The first-order valence-electron chi connectivity index (χ1n) is 7.17. The molecule has 0 fully saturated rings. The first-order chi connectivity index (χ1) is 12.0. The molecule has 0 atom stereocenters. The summed E-state index contributed by atoms with van der Waals surface area (Å²) in [7, 11) is 0. The fourth-order valence-corrected chi connectivity index (χ4v) is 1.53. The minimum Gasteiger partial charge on any atom is -0.326 e. The van der Waals surface area contributed by atoms with Crippen molar-refractivity contribution in [3.8, 4) is 0 Å². The van der Waals surface area contributed by atoms with E-state index in [0.29, 0.717) is 24.3 Å². The minimum atomic E-state index is -0.940. The Hall–Kier alpha value is -2.10. The van der Waals surface area contributed by atoms with Gasteiger partial charge in [0.25, 0.3) is 0 Å². The van der Waals surface area contributed by atoms with E-state index >= 15 is 0 Å². The zero-order valence-electron chi connectivity index (χ0n) is 14.5. The molecule has 0 aliphatic rings. The minimum absolute atomic E-state index is 0. The molecule has 4 N–H and O–H groups in total. The van der Waals surface area contributed by atoms with Gasteiger partial charge in [-0.2, -0.15) is 0 Å². The van der Waals surface area contributed by atoms with Crippen molar-refractivity contribution in [1.82, 2.24) is 0 Å². The van der Waals surface area contributed by atoms with Crippen molar-refractivity contribution in [1.29, 1.82) is 0 Å². The highest BCUT2D eigenvalue weighted by Crippen LogP contribution is 2.14. The highest BCUT2D eigenvalue weighted by atomic mass is 35.5. The normalized spacial score (nSPS) is 8.93. The molecule has 10 heteroatoms. The van der Waals surface area contributed by atoms with E-state index in [1.807, 2.05) is 0 Å². The average Bonchev–Trinajstić information content (AvgIpc) is 2.46. The highest BCUT2D eigenvalue weighted by Gasteiger charge is 2.09. The van der Waals surface area contributed by atoms with Crippen LogP contribution in [0.25, 0.3) is 0 Å². The maximum absolute atomic E-state index is 12.6. The molecule has 0 saturated heterocycles. The molecular weight excluding hydrogens is 410 g/mol. The van der Waals surface area contributed by atoms with Crippen LogP contribution in [0.1, 0.15) is 32.4 Å². The lowest BCUT2D eigenvalue weighted by atomic mass is 10.2. The van der Waals surface area contributed by atoms with Crippen LogP contribution < -0.4 is 11.5 Å². The van der Waals surface area contributed by atoms with Gasteiger partial charge in [0, 0.05) is 48.5 Å². The second-order valence-corrected chi connectivity index (χ2v) is 5.01. The number of halogens is 7. The smallest absolute Gasteiger partial charge is 0.133 e. The molecule has 0 radical (unpaired) electrons. The van der Waals surface area contributed by atoms with E-state index in [-0.39, 0.29) is 49.8 Å². The number of hydrogen-bond acceptors (Lipinski definition) is 3. The third-order valence-corrected chi connectivity index (χ3v) is 2.62. The van der Waals surface area contributed by atoms with E-state index < -0.39 is 34.9 Å². The number of nitrogens with two attached hydrogens (primary N) is 2. The van der Waals surface area contributed by atoms with Gasteiger partial charge in [0.15, 0.2) is 0 Å². The van der Waals surface area contributed by atoms with Gasteiger partial charge < -0.3 is 16.3 Å². The summed E-state index contributed by atoms with van der Waals surface area (Å²) < 4.78 is 74.7. The number of Topliss-reactive ketones (excluding diaryl/α,β-unsaturated/α-hetero) is 1. The zero-order chi connectivity index (χ0) is 20.4. The first kappa shape index (κ1) is 30.6. The van der Waals surface area contributed by atoms with Gasteiger partial charge in [-0.1, -0.05) is 7.43 Å². The number of hydrogen-bond donors (Lipinski definition) is 2. The Morgan fingerprint density at radius 1 is 0.714 bits per heavy atom. The molecular formula is C18H23ClF6N2O. The van der Waals surface area contributed by atoms with Crippen LogP contribution in [0, 0.1) is 34.9 Å². The Bertz CT molecular complexity index is 651. The van der Waals surface area contributed by atoms with Gasteiger partial charge in [0.05, 0.1) is 0 Å². The van der Waals surface area contributed by atoms with E-state index in [1.165, 1.54) is 13.8 Å². The van der Waals surface area contributed by atoms with Gasteiger partial charge in [-0.3, -0.25) is 0 Å². The monoisotopic (exact) mass is 432 g/mol. The molecule has 0 saturated carbocycles. The molecule has 3 nitrogen and oxygen atoms in total. The number of carbonyl (C=O) groups excluding carboxylic acids is 1. The molecule has 2 aromatic rings. The van der Waals surface area contributed by atoms with Gasteiger partial charge >= 0.3 is 0 Å². The fraction of sp³-hybridized carbons (Fsp3) is 0.278. The van der Waals surface area contributed by atoms with Crippen LogP contribution in [0.15, 0.2) is 24.3 Å². The first-order valence-corrected chi connectivity index (χ1v) is 7.17. The Balaban J connectivity index is -0.000000355. The van der Waals surface area contributed by atoms with Crippen molar-refractivity contribution >= 4 is 18.2 Å². The summed E-state index contributed by atoms with van der Waals surface area (Å²) in [6.07, 6.45) is 0. The van der Waals surface area contributed by atoms with E-state index in [0.717, 1.165) is 0 Å². The third-order valence-electron chi connectivity index (χ3n) is 2.62. The van der Waals surface area contributed by atoms with E-state index in [9.17, 15) is 31.1 Å². The van der Waals surface area contributed by atoms with E-state index in [1.54, 1.807) is 0 Å². The molecule has 0 bridgehead atoms. The number of rotatable bonds is 2. The Kier molecular flexibility index (Phi) is 16.3. The van der Waals surface area contributed by atoms with Crippen molar-refractivity contribution in [2.75, 3.05) is 0 Å². The van der Waals surface area contributed by atoms with Gasteiger partial charge in [0.2, 0.25) is 0 Å².